The average molecular weight is 313 g/mol. The molecule has 120 valence electrons. The molecule has 0 aromatic heterocycles. The quantitative estimate of drug-likeness (QED) is 0.812. The van der Waals surface area contributed by atoms with Gasteiger partial charge in [0, 0.05) is 23.9 Å². The van der Waals surface area contributed by atoms with Gasteiger partial charge in [-0.15, -0.1) is 12.4 Å². The lowest BCUT2D eigenvalue weighted by atomic mass is 9.75. The molecule has 1 amide bonds. The normalized spacial score (nSPS) is 14.0. The summed E-state index contributed by atoms with van der Waals surface area (Å²) in [5.41, 5.74) is 7.09. The van der Waals surface area contributed by atoms with E-state index in [0.29, 0.717) is 6.54 Å². The van der Waals surface area contributed by atoms with Crippen LogP contribution in [0.15, 0.2) is 30.3 Å². The standard InChI is InChI=1S/C17H28N2O.ClH/c1-5-17(6-2,15-10-8-7-9-11-15)12-19-16(20)13(3)14(4)18;/h7-11,13-14H,5-6,12,18H2,1-4H3,(H,19,20);1H. The van der Waals surface area contributed by atoms with Gasteiger partial charge in [0.1, 0.15) is 0 Å². The monoisotopic (exact) mass is 312 g/mol. The second-order valence-electron chi connectivity index (χ2n) is 5.72. The molecule has 1 aromatic rings. The number of amides is 1. The number of rotatable bonds is 7. The minimum absolute atomic E-state index is 0. The van der Waals surface area contributed by atoms with Gasteiger partial charge in [0.05, 0.1) is 0 Å². The Labute approximate surface area is 135 Å². The van der Waals surface area contributed by atoms with E-state index in [1.165, 1.54) is 5.56 Å². The van der Waals surface area contributed by atoms with E-state index in [1.807, 2.05) is 19.9 Å². The van der Waals surface area contributed by atoms with Crippen molar-refractivity contribution in [1.82, 2.24) is 5.32 Å². The third kappa shape index (κ3) is 5.01. The van der Waals surface area contributed by atoms with Crippen LogP contribution in [0.2, 0.25) is 0 Å². The molecular formula is C17H29ClN2O. The lowest BCUT2D eigenvalue weighted by Gasteiger charge is -2.33. The van der Waals surface area contributed by atoms with Crippen molar-refractivity contribution in [3.05, 3.63) is 35.9 Å². The van der Waals surface area contributed by atoms with Crippen LogP contribution in [0, 0.1) is 5.92 Å². The summed E-state index contributed by atoms with van der Waals surface area (Å²) < 4.78 is 0. The molecule has 2 atom stereocenters. The van der Waals surface area contributed by atoms with Gasteiger partial charge in [-0.2, -0.15) is 0 Å². The van der Waals surface area contributed by atoms with Crippen LogP contribution in [0.25, 0.3) is 0 Å². The largest absolute Gasteiger partial charge is 0.355 e. The van der Waals surface area contributed by atoms with E-state index < -0.39 is 0 Å². The Balaban J connectivity index is 0.00000400. The highest BCUT2D eigenvalue weighted by Crippen LogP contribution is 2.30. The maximum atomic E-state index is 12.1. The predicted octanol–water partition coefficient (Wildman–Crippen LogP) is 3.27. The van der Waals surface area contributed by atoms with Crippen LogP contribution < -0.4 is 11.1 Å². The van der Waals surface area contributed by atoms with Crippen molar-refractivity contribution in [2.24, 2.45) is 11.7 Å². The van der Waals surface area contributed by atoms with Crippen molar-refractivity contribution < 1.29 is 4.79 Å². The Kier molecular flexibility index (Phi) is 8.60. The predicted molar refractivity (Wildman–Crippen MR) is 91.8 cm³/mol. The summed E-state index contributed by atoms with van der Waals surface area (Å²) in [7, 11) is 0. The minimum atomic E-state index is -0.155. The van der Waals surface area contributed by atoms with Gasteiger partial charge in [-0.3, -0.25) is 4.79 Å². The summed E-state index contributed by atoms with van der Waals surface area (Å²) in [5.74, 6) is -0.112. The number of hydrogen-bond acceptors (Lipinski definition) is 2. The summed E-state index contributed by atoms with van der Waals surface area (Å²) in [6.45, 7) is 8.77. The fourth-order valence-corrected chi connectivity index (χ4v) is 2.46. The van der Waals surface area contributed by atoms with Gasteiger partial charge in [-0.25, -0.2) is 0 Å². The van der Waals surface area contributed by atoms with Crippen molar-refractivity contribution >= 4 is 18.3 Å². The van der Waals surface area contributed by atoms with Gasteiger partial charge < -0.3 is 11.1 Å². The SMILES string of the molecule is CCC(CC)(CNC(=O)C(C)C(C)N)c1ccccc1.Cl. The van der Waals surface area contributed by atoms with Gasteiger partial charge in [-0.1, -0.05) is 51.1 Å². The molecule has 0 spiro atoms. The molecule has 1 aromatic carbocycles. The summed E-state index contributed by atoms with van der Waals surface area (Å²) in [6.07, 6.45) is 2.00. The van der Waals surface area contributed by atoms with E-state index in [1.54, 1.807) is 0 Å². The molecule has 3 nitrogen and oxygen atoms in total. The molecule has 0 aliphatic carbocycles. The molecule has 1 rings (SSSR count). The van der Waals surface area contributed by atoms with E-state index in [-0.39, 0.29) is 35.7 Å². The first-order valence-electron chi connectivity index (χ1n) is 7.55. The Morgan fingerprint density at radius 2 is 1.71 bits per heavy atom. The summed E-state index contributed by atoms with van der Waals surface area (Å²) in [6, 6.07) is 10.3. The fraction of sp³-hybridized carbons (Fsp3) is 0.588. The van der Waals surface area contributed by atoms with Gasteiger partial charge in [0.2, 0.25) is 5.91 Å². The van der Waals surface area contributed by atoms with Crippen LogP contribution >= 0.6 is 12.4 Å². The third-order valence-corrected chi connectivity index (χ3v) is 4.54. The zero-order valence-corrected chi connectivity index (χ0v) is 14.4. The van der Waals surface area contributed by atoms with Gasteiger partial charge in [0.15, 0.2) is 0 Å². The molecule has 0 radical (unpaired) electrons. The average Bonchev–Trinajstić information content (AvgIpc) is 2.48. The summed E-state index contributed by atoms with van der Waals surface area (Å²) in [5, 5.41) is 3.09. The number of nitrogens with two attached hydrogens (primary N) is 1. The number of benzene rings is 1. The fourth-order valence-electron chi connectivity index (χ4n) is 2.46. The first-order valence-corrected chi connectivity index (χ1v) is 7.55. The van der Waals surface area contributed by atoms with Gasteiger partial charge in [0.25, 0.3) is 0 Å². The summed E-state index contributed by atoms with van der Waals surface area (Å²) >= 11 is 0. The van der Waals surface area contributed by atoms with Crippen LogP contribution in [0.1, 0.15) is 46.1 Å². The topological polar surface area (TPSA) is 55.1 Å². The smallest absolute Gasteiger partial charge is 0.224 e. The Morgan fingerprint density at radius 3 is 2.14 bits per heavy atom. The van der Waals surface area contributed by atoms with Crippen molar-refractivity contribution in [3.63, 3.8) is 0 Å². The van der Waals surface area contributed by atoms with Crippen molar-refractivity contribution in [2.45, 2.75) is 52.0 Å². The van der Waals surface area contributed by atoms with Crippen molar-refractivity contribution in [1.29, 1.82) is 0 Å². The lowest BCUT2D eigenvalue weighted by molar-refractivity contribution is -0.125. The van der Waals surface area contributed by atoms with Crippen molar-refractivity contribution in [2.75, 3.05) is 6.54 Å². The highest BCUT2D eigenvalue weighted by atomic mass is 35.5. The van der Waals surface area contributed by atoms with Crippen LogP contribution in [-0.4, -0.2) is 18.5 Å². The molecule has 0 bridgehead atoms. The second kappa shape index (κ2) is 9.06. The Morgan fingerprint density at radius 1 is 1.19 bits per heavy atom. The molecule has 4 heteroatoms. The molecule has 0 aliphatic heterocycles. The number of halogens is 1. The first-order chi connectivity index (χ1) is 9.46. The van der Waals surface area contributed by atoms with Crippen molar-refractivity contribution in [3.8, 4) is 0 Å². The van der Waals surface area contributed by atoms with E-state index in [9.17, 15) is 4.79 Å². The van der Waals surface area contributed by atoms with E-state index in [4.69, 9.17) is 5.73 Å². The number of hydrogen-bond donors (Lipinski definition) is 2. The Hall–Kier alpha value is -1.06. The van der Waals surface area contributed by atoms with E-state index in [0.717, 1.165) is 12.8 Å². The second-order valence-corrected chi connectivity index (χ2v) is 5.72. The zero-order chi connectivity index (χ0) is 15.2. The number of carbonyl (C=O) groups excluding carboxylic acids is 1. The van der Waals surface area contributed by atoms with Crippen LogP contribution in [0.4, 0.5) is 0 Å². The lowest BCUT2D eigenvalue weighted by Crippen LogP contribution is -2.45. The van der Waals surface area contributed by atoms with Gasteiger partial charge >= 0.3 is 0 Å². The molecular weight excluding hydrogens is 284 g/mol. The number of nitrogens with one attached hydrogen (secondary N) is 1. The van der Waals surface area contributed by atoms with Crippen LogP contribution in [0.3, 0.4) is 0 Å². The molecule has 0 heterocycles. The van der Waals surface area contributed by atoms with Gasteiger partial charge in [-0.05, 0) is 25.3 Å². The van der Waals surface area contributed by atoms with E-state index in [2.05, 4.69) is 43.4 Å². The molecule has 0 saturated carbocycles. The van der Waals surface area contributed by atoms with E-state index >= 15 is 0 Å². The highest BCUT2D eigenvalue weighted by molar-refractivity contribution is 5.85. The highest BCUT2D eigenvalue weighted by Gasteiger charge is 2.29. The van der Waals surface area contributed by atoms with Crippen LogP contribution in [0.5, 0.6) is 0 Å². The molecule has 21 heavy (non-hydrogen) atoms. The molecule has 2 unspecified atom stereocenters. The zero-order valence-electron chi connectivity index (χ0n) is 13.6. The van der Waals surface area contributed by atoms with Crippen LogP contribution in [-0.2, 0) is 10.2 Å². The minimum Gasteiger partial charge on any atom is -0.355 e. The third-order valence-electron chi connectivity index (χ3n) is 4.54. The molecule has 0 aliphatic rings. The first kappa shape index (κ1) is 19.9. The molecule has 0 fully saturated rings. The Bertz CT molecular complexity index is 416. The maximum absolute atomic E-state index is 12.1. The summed E-state index contributed by atoms with van der Waals surface area (Å²) in [4.78, 5) is 12.1. The molecule has 0 saturated heterocycles. The number of carbonyl (C=O) groups is 1. The molecule has 3 N–H and O–H groups in total. The maximum Gasteiger partial charge on any atom is 0.224 e.